The van der Waals surface area contributed by atoms with E-state index in [2.05, 4.69) is 5.32 Å². The van der Waals surface area contributed by atoms with Crippen LogP contribution in [0.15, 0.2) is 42.5 Å². The standard InChI is InChI=1S/C24H28ClF4N3O4S/c1-15(2)12-30-23(34)16(3)31(13-17-7-5-6-8-20(17)26)22(33)14-32(37(4,35)36)21-11-18(24(27,28)29)9-10-19(21)25/h5-11,15-16H,12-14H2,1-4H3,(H,30,34). The molecule has 0 fully saturated rings. The van der Waals surface area contributed by atoms with Gasteiger partial charge in [-0.3, -0.25) is 13.9 Å². The molecule has 1 N–H and O–H groups in total. The topological polar surface area (TPSA) is 86.8 Å². The lowest BCUT2D eigenvalue weighted by Gasteiger charge is -2.32. The number of rotatable bonds is 10. The summed E-state index contributed by atoms with van der Waals surface area (Å²) in [6.07, 6.45) is -4.09. The van der Waals surface area contributed by atoms with E-state index in [1.807, 2.05) is 13.8 Å². The van der Waals surface area contributed by atoms with Crippen LogP contribution in [0.3, 0.4) is 0 Å². The van der Waals surface area contributed by atoms with Crippen molar-refractivity contribution in [2.24, 2.45) is 5.92 Å². The molecular weight excluding hydrogens is 538 g/mol. The summed E-state index contributed by atoms with van der Waals surface area (Å²) in [6.45, 7) is 4.02. The van der Waals surface area contributed by atoms with Gasteiger partial charge in [0, 0.05) is 18.7 Å². The quantitative estimate of drug-likeness (QED) is 0.431. The van der Waals surface area contributed by atoms with Crippen LogP contribution < -0.4 is 9.62 Å². The predicted octanol–water partition coefficient (Wildman–Crippen LogP) is 4.45. The van der Waals surface area contributed by atoms with Crippen molar-refractivity contribution in [1.82, 2.24) is 10.2 Å². The van der Waals surface area contributed by atoms with E-state index < -0.39 is 64.2 Å². The molecule has 0 aromatic heterocycles. The number of hydrogen-bond donors (Lipinski definition) is 1. The van der Waals surface area contributed by atoms with Crippen LogP contribution in [0, 0.1) is 11.7 Å². The van der Waals surface area contributed by atoms with Gasteiger partial charge >= 0.3 is 6.18 Å². The van der Waals surface area contributed by atoms with E-state index in [0.717, 1.165) is 17.0 Å². The van der Waals surface area contributed by atoms with Crippen molar-refractivity contribution >= 4 is 39.1 Å². The minimum atomic E-state index is -4.80. The van der Waals surface area contributed by atoms with Gasteiger partial charge in [-0.25, -0.2) is 12.8 Å². The predicted molar refractivity (Wildman–Crippen MR) is 133 cm³/mol. The molecule has 0 aliphatic heterocycles. The normalized spacial score (nSPS) is 12.8. The molecule has 0 aliphatic rings. The molecule has 0 aliphatic carbocycles. The second-order valence-electron chi connectivity index (χ2n) is 8.86. The third-order valence-corrected chi connectivity index (χ3v) is 6.82. The van der Waals surface area contributed by atoms with Gasteiger partial charge in [0.1, 0.15) is 18.4 Å². The van der Waals surface area contributed by atoms with E-state index in [1.165, 1.54) is 25.1 Å². The first-order valence-corrected chi connectivity index (χ1v) is 13.4. The number of amides is 2. The van der Waals surface area contributed by atoms with Crippen LogP contribution in [-0.2, 0) is 32.3 Å². The van der Waals surface area contributed by atoms with Crippen molar-refractivity contribution < 1.29 is 35.6 Å². The van der Waals surface area contributed by atoms with Gasteiger partial charge in [0.25, 0.3) is 0 Å². The second kappa shape index (κ2) is 12.1. The molecule has 0 saturated heterocycles. The first-order valence-electron chi connectivity index (χ1n) is 11.2. The number of halogens is 5. The molecule has 2 aromatic carbocycles. The minimum absolute atomic E-state index is 0.0577. The van der Waals surface area contributed by atoms with Gasteiger partial charge in [-0.1, -0.05) is 43.6 Å². The third kappa shape index (κ3) is 8.32. The summed E-state index contributed by atoms with van der Waals surface area (Å²) in [5.41, 5.74) is -1.67. The molecule has 1 atom stereocenters. The van der Waals surface area contributed by atoms with Crippen molar-refractivity contribution in [3.63, 3.8) is 0 Å². The Morgan fingerprint density at radius 2 is 1.70 bits per heavy atom. The van der Waals surface area contributed by atoms with E-state index in [4.69, 9.17) is 11.6 Å². The number of alkyl halides is 3. The van der Waals surface area contributed by atoms with Gasteiger partial charge in [0.2, 0.25) is 21.8 Å². The minimum Gasteiger partial charge on any atom is -0.354 e. The van der Waals surface area contributed by atoms with Gasteiger partial charge in [0.15, 0.2) is 0 Å². The van der Waals surface area contributed by atoms with Crippen molar-refractivity contribution in [2.45, 2.75) is 39.5 Å². The molecule has 13 heteroatoms. The van der Waals surface area contributed by atoms with Crippen LogP contribution in [-0.4, -0.2) is 50.5 Å². The summed E-state index contributed by atoms with van der Waals surface area (Å²) < 4.78 is 79.8. The van der Waals surface area contributed by atoms with Crippen molar-refractivity contribution in [1.29, 1.82) is 0 Å². The molecule has 0 heterocycles. The maximum Gasteiger partial charge on any atom is 0.416 e. The zero-order chi connectivity index (χ0) is 28.1. The maximum absolute atomic E-state index is 14.4. The van der Waals surface area contributed by atoms with E-state index in [9.17, 15) is 35.6 Å². The highest BCUT2D eigenvalue weighted by molar-refractivity contribution is 7.92. The van der Waals surface area contributed by atoms with Crippen molar-refractivity contribution in [3.8, 4) is 0 Å². The van der Waals surface area contributed by atoms with Gasteiger partial charge in [-0.15, -0.1) is 0 Å². The highest BCUT2D eigenvalue weighted by atomic mass is 35.5. The summed E-state index contributed by atoms with van der Waals surface area (Å²) in [5.74, 6) is -2.08. The fourth-order valence-electron chi connectivity index (χ4n) is 3.32. The van der Waals surface area contributed by atoms with E-state index in [1.54, 1.807) is 0 Å². The summed E-state index contributed by atoms with van der Waals surface area (Å²) in [7, 11) is -4.32. The Morgan fingerprint density at radius 1 is 1.08 bits per heavy atom. The molecule has 0 saturated carbocycles. The Labute approximate surface area is 218 Å². The average molecular weight is 566 g/mol. The van der Waals surface area contributed by atoms with Crippen LogP contribution in [0.4, 0.5) is 23.2 Å². The molecular formula is C24H28ClF4N3O4S. The van der Waals surface area contributed by atoms with Crippen LogP contribution in [0.5, 0.6) is 0 Å². The van der Waals surface area contributed by atoms with Crippen LogP contribution in [0.2, 0.25) is 5.02 Å². The zero-order valence-corrected chi connectivity index (χ0v) is 22.2. The van der Waals surface area contributed by atoms with Crippen LogP contribution in [0.25, 0.3) is 0 Å². The largest absolute Gasteiger partial charge is 0.416 e. The average Bonchev–Trinajstić information content (AvgIpc) is 2.79. The summed E-state index contributed by atoms with van der Waals surface area (Å²) >= 11 is 6.03. The number of sulfonamides is 1. The second-order valence-corrected chi connectivity index (χ2v) is 11.2. The SMILES string of the molecule is CC(C)CNC(=O)C(C)N(Cc1ccccc1F)C(=O)CN(c1cc(C(F)(F)F)ccc1Cl)S(C)(=O)=O. The van der Waals surface area contributed by atoms with Crippen LogP contribution in [0.1, 0.15) is 31.9 Å². The lowest BCUT2D eigenvalue weighted by Crippen LogP contribution is -2.51. The number of nitrogens with zero attached hydrogens (tertiary/aromatic N) is 2. The molecule has 2 rings (SSSR count). The Bertz CT molecular complexity index is 1240. The molecule has 0 spiro atoms. The number of benzene rings is 2. The molecule has 0 radical (unpaired) electrons. The molecule has 2 aromatic rings. The van der Waals surface area contributed by atoms with Crippen LogP contribution >= 0.6 is 11.6 Å². The van der Waals surface area contributed by atoms with Gasteiger partial charge < -0.3 is 10.2 Å². The third-order valence-electron chi connectivity index (χ3n) is 5.37. The van der Waals surface area contributed by atoms with Crippen molar-refractivity contribution in [2.75, 3.05) is 23.7 Å². The molecule has 37 heavy (non-hydrogen) atoms. The molecule has 7 nitrogen and oxygen atoms in total. The van der Waals surface area contributed by atoms with Gasteiger partial charge in [-0.2, -0.15) is 13.2 Å². The Morgan fingerprint density at radius 3 is 2.24 bits per heavy atom. The number of carbonyl (C=O) groups excluding carboxylic acids is 2. The Balaban J connectivity index is 2.49. The molecule has 0 bridgehead atoms. The summed E-state index contributed by atoms with van der Waals surface area (Å²) in [4.78, 5) is 27.1. The summed E-state index contributed by atoms with van der Waals surface area (Å²) in [6, 6.07) is 6.43. The highest BCUT2D eigenvalue weighted by Crippen LogP contribution is 2.36. The molecule has 2 amide bonds. The first-order chi connectivity index (χ1) is 17.0. The van der Waals surface area contributed by atoms with E-state index >= 15 is 0 Å². The van der Waals surface area contributed by atoms with E-state index in [0.29, 0.717) is 29.2 Å². The van der Waals surface area contributed by atoms with Gasteiger partial charge in [0.05, 0.1) is 22.5 Å². The summed E-state index contributed by atoms with van der Waals surface area (Å²) in [5, 5.41) is 2.32. The molecule has 1 unspecified atom stereocenters. The zero-order valence-electron chi connectivity index (χ0n) is 20.6. The lowest BCUT2D eigenvalue weighted by molar-refractivity contribution is -0.139. The highest BCUT2D eigenvalue weighted by Gasteiger charge is 2.34. The number of nitrogens with one attached hydrogen (secondary N) is 1. The smallest absolute Gasteiger partial charge is 0.354 e. The fraction of sp³-hybridized carbons (Fsp3) is 0.417. The number of hydrogen-bond acceptors (Lipinski definition) is 4. The maximum atomic E-state index is 14.4. The van der Waals surface area contributed by atoms with Crippen molar-refractivity contribution in [3.05, 3.63) is 64.4 Å². The fourth-order valence-corrected chi connectivity index (χ4v) is 4.44. The van der Waals surface area contributed by atoms with Gasteiger partial charge in [-0.05, 0) is 37.1 Å². The first kappa shape index (κ1) is 30.4. The number of anilines is 1. The van der Waals surface area contributed by atoms with E-state index in [-0.39, 0.29) is 16.5 Å². The Kier molecular flexibility index (Phi) is 9.95. The number of carbonyl (C=O) groups is 2. The molecule has 204 valence electrons. The Hall–Kier alpha value is -2.86. The monoisotopic (exact) mass is 565 g/mol. The lowest BCUT2D eigenvalue weighted by atomic mass is 10.1.